The van der Waals surface area contributed by atoms with Gasteiger partial charge in [0.15, 0.2) is 0 Å². The molecule has 3 nitrogen and oxygen atoms in total. The maximum Gasteiger partial charge on any atom is 0.225 e. The number of hydrogen-bond acceptors (Lipinski definition) is 2. The summed E-state index contributed by atoms with van der Waals surface area (Å²) in [6.45, 7) is 4.40. The van der Waals surface area contributed by atoms with Crippen LogP contribution in [0, 0.1) is 23.7 Å². The average molecular weight is 365 g/mol. The first kappa shape index (κ1) is 20.3. The summed E-state index contributed by atoms with van der Waals surface area (Å²) < 4.78 is 0. The van der Waals surface area contributed by atoms with Gasteiger partial charge in [0.05, 0.1) is 6.04 Å². The monoisotopic (exact) mass is 364 g/mol. The van der Waals surface area contributed by atoms with Gasteiger partial charge < -0.3 is 10.6 Å². The molecule has 3 unspecified atom stereocenters. The number of carbonyl (C=O) groups excluding carboxylic acids is 1. The Hall–Kier alpha value is -1.06. The lowest BCUT2D eigenvalue weighted by Crippen LogP contribution is -2.49. The Balaban J connectivity index is 0.00000225. The molecule has 1 aromatic carbocycles. The largest absolute Gasteiger partial charge is 0.338 e. The lowest BCUT2D eigenvalue weighted by Gasteiger charge is -2.45. The van der Waals surface area contributed by atoms with Crippen molar-refractivity contribution in [3.8, 4) is 0 Å². The predicted octanol–water partition coefficient (Wildman–Crippen LogP) is 4.42. The van der Waals surface area contributed by atoms with E-state index in [4.69, 9.17) is 5.73 Å². The second-order valence-electron chi connectivity index (χ2n) is 8.25. The van der Waals surface area contributed by atoms with E-state index in [0.717, 1.165) is 12.8 Å². The summed E-state index contributed by atoms with van der Waals surface area (Å²) in [4.78, 5) is 15.3. The number of amides is 1. The zero-order valence-corrected chi connectivity index (χ0v) is 16.5. The molecular formula is C21H33ClN2O. The van der Waals surface area contributed by atoms with Gasteiger partial charge in [-0.1, -0.05) is 50.6 Å². The van der Waals surface area contributed by atoms with Crippen LogP contribution in [-0.4, -0.2) is 23.9 Å². The third-order valence-corrected chi connectivity index (χ3v) is 6.30. The van der Waals surface area contributed by atoms with Gasteiger partial charge in [-0.2, -0.15) is 0 Å². The number of rotatable bonds is 4. The van der Waals surface area contributed by atoms with Gasteiger partial charge in [0, 0.05) is 19.0 Å². The van der Waals surface area contributed by atoms with E-state index in [1.165, 1.54) is 24.8 Å². The first-order valence-corrected chi connectivity index (χ1v) is 9.56. The second-order valence-corrected chi connectivity index (χ2v) is 8.25. The van der Waals surface area contributed by atoms with Crippen LogP contribution in [0.5, 0.6) is 0 Å². The lowest BCUT2D eigenvalue weighted by molar-refractivity contribution is -0.140. The summed E-state index contributed by atoms with van der Waals surface area (Å²) in [6.07, 6.45) is 5.67. The van der Waals surface area contributed by atoms with Crippen molar-refractivity contribution in [3.63, 3.8) is 0 Å². The van der Waals surface area contributed by atoms with Gasteiger partial charge in [-0.3, -0.25) is 4.79 Å². The predicted molar refractivity (Wildman–Crippen MR) is 106 cm³/mol. The lowest BCUT2D eigenvalue weighted by atomic mass is 9.65. The van der Waals surface area contributed by atoms with Gasteiger partial charge in [0.1, 0.15) is 0 Å². The van der Waals surface area contributed by atoms with Crippen LogP contribution in [0.15, 0.2) is 30.3 Å². The van der Waals surface area contributed by atoms with E-state index in [2.05, 4.69) is 38.1 Å². The normalized spacial score (nSPS) is 29.6. The molecule has 2 N–H and O–H groups in total. The topological polar surface area (TPSA) is 46.3 Å². The van der Waals surface area contributed by atoms with E-state index >= 15 is 0 Å². The summed E-state index contributed by atoms with van der Waals surface area (Å²) in [5.74, 6) is 1.98. The van der Waals surface area contributed by atoms with Crippen molar-refractivity contribution in [2.45, 2.75) is 58.0 Å². The first-order valence-electron chi connectivity index (χ1n) is 9.56. The molecule has 0 aliphatic heterocycles. The molecule has 1 amide bonds. The molecule has 3 rings (SSSR count). The smallest absolute Gasteiger partial charge is 0.225 e. The number of nitrogens with zero attached hydrogens (tertiary/aromatic N) is 1. The Morgan fingerprint density at radius 2 is 1.68 bits per heavy atom. The Morgan fingerprint density at radius 1 is 1.12 bits per heavy atom. The number of nitrogens with two attached hydrogens (primary N) is 1. The molecule has 2 bridgehead atoms. The Bertz CT molecular complexity index is 548. The summed E-state index contributed by atoms with van der Waals surface area (Å²) in [6, 6.07) is 10.9. The van der Waals surface area contributed by atoms with E-state index in [1.807, 2.05) is 18.0 Å². The third kappa shape index (κ3) is 4.20. The van der Waals surface area contributed by atoms with Crippen LogP contribution >= 0.6 is 12.4 Å². The van der Waals surface area contributed by atoms with Crippen molar-refractivity contribution in [1.82, 2.24) is 4.90 Å². The number of halogens is 1. The molecule has 2 aliphatic carbocycles. The molecule has 1 aromatic rings. The van der Waals surface area contributed by atoms with Crippen molar-refractivity contribution in [2.24, 2.45) is 29.4 Å². The Morgan fingerprint density at radius 3 is 2.20 bits per heavy atom. The highest BCUT2D eigenvalue weighted by atomic mass is 35.5. The van der Waals surface area contributed by atoms with Crippen LogP contribution in [0.25, 0.3) is 0 Å². The maximum atomic E-state index is 13.2. The highest BCUT2D eigenvalue weighted by Gasteiger charge is 2.42. The van der Waals surface area contributed by atoms with E-state index in [1.54, 1.807) is 0 Å². The number of fused-ring (bicyclic) bond motifs is 2. The van der Waals surface area contributed by atoms with Gasteiger partial charge in [-0.25, -0.2) is 0 Å². The molecule has 0 saturated heterocycles. The zero-order chi connectivity index (χ0) is 17.3. The standard InChI is InChI=1S/C21H32N2O.ClH/c1-14(2)20(15-8-5-4-6-9-15)23(3)21(24)18-12-16-10-7-11-17(13-18)19(16)22;/h4-6,8-9,14,16-20H,7,10-13,22H2,1-3H3;1H. The summed E-state index contributed by atoms with van der Waals surface area (Å²) in [5.41, 5.74) is 7.63. The van der Waals surface area contributed by atoms with Crippen LogP contribution in [0.1, 0.15) is 57.6 Å². The number of benzene rings is 1. The van der Waals surface area contributed by atoms with Gasteiger partial charge in [-0.05, 0) is 49.0 Å². The molecule has 4 heteroatoms. The van der Waals surface area contributed by atoms with Gasteiger partial charge in [0.2, 0.25) is 5.91 Å². The molecule has 0 spiro atoms. The van der Waals surface area contributed by atoms with Gasteiger partial charge in [-0.15, -0.1) is 12.4 Å². The summed E-state index contributed by atoms with van der Waals surface area (Å²) in [5, 5.41) is 0. The minimum atomic E-state index is 0. The van der Waals surface area contributed by atoms with Crippen LogP contribution < -0.4 is 5.73 Å². The van der Waals surface area contributed by atoms with Crippen LogP contribution in [0.4, 0.5) is 0 Å². The van der Waals surface area contributed by atoms with Crippen molar-refractivity contribution >= 4 is 18.3 Å². The first-order chi connectivity index (χ1) is 11.5. The SMILES string of the molecule is CC(C)C(c1ccccc1)N(C)C(=O)C1CC2CCCC(C1)C2N.Cl. The van der Waals surface area contributed by atoms with Crippen molar-refractivity contribution in [3.05, 3.63) is 35.9 Å². The highest BCUT2D eigenvalue weighted by molar-refractivity contribution is 5.85. The van der Waals surface area contributed by atoms with Crippen molar-refractivity contribution in [2.75, 3.05) is 7.05 Å². The molecular weight excluding hydrogens is 332 g/mol. The highest BCUT2D eigenvalue weighted by Crippen LogP contribution is 2.43. The average Bonchev–Trinajstić information content (AvgIpc) is 2.54. The van der Waals surface area contributed by atoms with Gasteiger partial charge in [0.25, 0.3) is 0 Å². The maximum absolute atomic E-state index is 13.2. The molecule has 0 radical (unpaired) electrons. The van der Waals surface area contributed by atoms with Crippen LogP contribution in [-0.2, 0) is 4.79 Å². The summed E-state index contributed by atoms with van der Waals surface area (Å²) in [7, 11) is 1.99. The quantitative estimate of drug-likeness (QED) is 0.859. The van der Waals surface area contributed by atoms with E-state index in [-0.39, 0.29) is 24.4 Å². The fourth-order valence-electron chi connectivity index (χ4n) is 5.12. The van der Waals surface area contributed by atoms with E-state index < -0.39 is 0 Å². The Kier molecular flexibility index (Phi) is 6.93. The fraction of sp³-hybridized carbons (Fsp3) is 0.667. The molecule has 25 heavy (non-hydrogen) atoms. The second kappa shape index (κ2) is 8.55. The minimum absolute atomic E-state index is 0. The van der Waals surface area contributed by atoms with Gasteiger partial charge >= 0.3 is 0 Å². The van der Waals surface area contributed by atoms with Crippen LogP contribution in [0.3, 0.4) is 0 Å². The number of hydrogen-bond donors (Lipinski definition) is 1. The number of carbonyl (C=O) groups is 1. The summed E-state index contributed by atoms with van der Waals surface area (Å²) >= 11 is 0. The fourth-order valence-corrected chi connectivity index (χ4v) is 5.12. The van der Waals surface area contributed by atoms with E-state index in [0.29, 0.717) is 29.7 Å². The molecule has 0 heterocycles. The molecule has 2 fully saturated rings. The van der Waals surface area contributed by atoms with E-state index in [9.17, 15) is 4.79 Å². The third-order valence-electron chi connectivity index (χ3n) is 6.30. The zero-order valence-electron chi connectivity index (χ0n) is 15.7. The molecule has 0 aromatic heterocycles. The van der Waals surface area contributed by atoms with Crippen molar-refractivity contribution < 1.29 is 4.79 Å². The van der Waals surface area contributed by atoms with Crippen LogP contribution in [0.2, 0.25) is 0 Å². The van der Waals surface area contributed by atoms with Crippen molar-refractivity contribution in [1.29, 1.82) is 0 Å². The molecule has 3 atom stereocenters. The molecule has 2 aliphatic rings. The Labute approximate surface area is 158 Å². The minimum Gasteiger partial charge on any atom is -0.338 e. The molecule has 2 saturated carbocycles. The molecule has 140 valence electrons.